The average Bonchev–Trinajstić information content (AvgIpc) is 2.94. The number of nitro groups is 1. The van der Waals surface area contributed by atoms with Crippen LogP contribution in [0.2, 0.25) is 0 Å². The maximum absolute atomic E-state index is 13.8. The molecule has 0 spiro atoms. The van der Waals surface area contributed by atoms with Gasteiger partial charge < -0.3 is 9.64 Å². The summed E-state index contributed by atoms with van der Waals surface area (Å²) in [6.07, 6.45) is 0. The molecule has 1 aliphatic rings. The zero-order chi connectivity index (χ0) is 27.8. The van der Waals surface area contributed by atoms with Crippen LogP contribution in [0.1, 0.15) is 36.6 Å². The highest BCUT2D eigenvalue weighted by atomic mass is 79.9. The number of aryl methyl sites for hydroxylation is 1. The predicted molar refractivity (Wildman–Crippen MR) is 150 cm³/mol. The SMILES string of the molecule is COc1cc(C)ccc1N(CCN1C(=O)c2cccc3c(Br)ccc(c23)C1=O)C(=O)c1cccc([N+](=O)[O-])c1. The fourth-order valence-corrected chi connectivity index (χ4v) is 5.22. The number of imide groups is 1. The van der Waals surface area contributed by atoms with Crippen LogP contribution in [0.5, 0.6) is 5.75 Å². The highest BCUT2D eigenvalue weighted by molar-refractivity contribution is 9.10. The van der Waals surface area contributed by atoms with Crippen LogP contribution in [0.3, 0.4) is 0 Å². The van der Waals surface area contributed by atoms with Gasteiger partial charge in [-0.3, -0.25) is 29.4 Å². The standard InChI is InChI=1S/C29H22BrN3O6/c1-17-9-12-24(25(15-17)39-2)31(27(34)18-5-3-6-19(16-18)33(37)38)13-14-32-28(35)21-8-4-7-20-23(30)11-10-22(26(20)21)29(32)36/h3-12,15-16H,13-14H2,1-2H3. The van der Waals surface area contributed by atoms with E-state index in [1.54, 1.807) is 42.5 Å². The number of anilines is 1. The third kappa shape index (κ3) is 4.63. The summed E-state index contributed by atoms with van der Waals surface area (Å²) in [7, 11) is 1.47. The van der Waals surface area contributed by atoms with Gasteiger partial charge in [0.2, 0.25) is 0 Å². The Kier molecular flexibility index (Phi) is 6.88. The molecule has 0 aromatic heterocycles. The molecule has 0 saturated heterocycles. The molecule has 0 atom stereocenters. The first-order valence-corrected chi connectivity index (χ1v) is 12.8. The number of hydrogen-bond acceptors (Lipinski definition) is 6. The van der Waals surface area contributed by atoms with Crippen molar-refractivity contribution in [3.8, 4) is 5.75 Å². The summed E-state index contributed by atoms with van der Waals surface area (Å²) in [5.74, 6) is -1.06. The first-order valence-electron chi connectivity index (χ1n) is 12.0. The van der Waals surface area contributed by atoms with Gasteiger partial charge in [0.25, 0.3) is 23.4 Å². The Hall–Kier alpha value is -4.57. The molecule has 196 valence electrons. The van der Waals surface area contributed by atoms with Crippen LogP contribution in [0, 0.1) is 17.0 Å². The zero-order valence-electron chi connectivity index (χ0n) is 21.0. The van der Waals surface area contributed by atoms with Crippen molar-refractivity contribution in [2.75, 3.05) is 25.1 Å². The number of nitro benzene ring substituents is 1. The van der Waals surface area contributed by atoms with Crippen LogP contribution in [0.25, 0.3) is 10.8 Å². The van der Waals surface area contributed by atoms with Crippen LogP contribution in [0.15, 0.2) is 77.3 Å². The summed E-state index contributed by atoms with van der Waals surface area (Å²) < 4.78 is 6.31. The zero-order valence-corrected chi connectivity index (χ0v) is 22.6. The van der Waals surface area contributed by atoms with Crippen molar-refractivity contribution in [2.45, 2.75) is 6.92 Å². The number of methoxy groups -OCH3 is 1. The molecule has 10 heteroatoms. The van der Waals surface area contributed by atoms with Crippen molar-refractivity contribution < 1.29 is 24.0 Å². The molecule has 0 N–H and O–H groups in total. The second kappa shape index (κ2) is 10.3. The summed E-state index contributed by atoms with van der Waals surface area (Å²) in [5.41, 5.74) is 1.95. The molecule has 3 amide bonds. The summed E-state index contributed by atoms with van der Waals surface area (Å²) in [6, 6.07) is 19.4. The molecule has 0 saturated carbocycles. The van der Waals surface area contributed by atoms with Crippen molar-refractivity contribution in [1.82, 2.24) is 4.90 Å². The van der Waals surface area contributed by atoms with E-state index in [2.05, 4.69) is 15.9 Å². The second-order valence-electron chi connectivity index (χ2n) is 9.02. The van der Waals surface area contributed by atoms with Crippen molar-refractivity contribution >= 4 is 55.8 Å². The Morgan fingerprint density at radius 1 is 1.00 bits per heavy atom. The smallest absolute Gasteiger partial charge is 0.270 e. The highest BCUT2D eigenvalue weighted by Crippen LogP contribution is 2.35. The molecule has 9 nitrogen and oxygen atoms in total. The highest BCUT2D eigenvalue weighted by Gasteiger charge is 2.34. The van der Waals surface area contributed by atoms with Gasteiger partial charge in [0, 0.05) is 51.8 Å². The summed E-state index contributed by atoms with van der Waals surface area (Å²) >= 11 is 3.49. The quantitative estimate of drug-likeness (QED) is 0.154. The molecule has 4 aromatic rings. The fraction of sp³-hybridized carbons (Fsp3) is 0.138. The molecule has 0 radical (unpaired) electrons. The van der Waals surface area contributed by atoms with E-state index in [1.165, 1.54) is 36.3 Å². The number of nitrogens with zero attached hydrogens (tertiary/aromatic N) is 3. The Morgan fingerprint density at radius 3 is 2.44 bits per heavy atom. The van der Waals surface area contributed by atoms with Gasteiger partial charge in [0.1, 0.15) is 5.75 Å². The Bertz CT molecular complexity index is 1660. The van der Waals surface area contributed by atoms with E-state index in [0.29, 0.717) is 28.0 Å². The minimum atomic E-state index is -0.574. The maximum Gasteiger partial charge on any atom is 0.270 e. The number of non-ortho nitro benzene ring substituents is 1. The van der Waals surface area contributed by atoms with Crippen LogP contribution >= 0.6 is 15.9 Å². The van der Waals surface area contributed by atoms with Gasteiger partial charge in [-0.25, -0.2) is 0 Å². The lowest BCUT2D eigenvalue weighted by Gasteiger charge is -2.31. The molecule has 5 rings (SSSR count). The van der Waals surface area contributed by atoms with Crippen molar-refractivity contribution in [3.63, 3.8) is 0 Å². The summed E-state index contributed by atoms with van der Waals surface area (Å²) in [6.45, 7) is 1.70. The first-order chi connectivity index (χ1) is 18.7. The number of benzene rings is 4. The van der Waals surface area contributed by atoms with Crippen LogP contribution < -0.4 is 9.64 Å². The molecule has 0 unspecified atom stereocenters. The molecule has 0 bridgehead atoms. The minimum absolute atomic E-state index is 0.0692. The molecular weight excluding hydrogens is 566 g/mol. The monoisotopic (exact) mass is 587 g/mol. The molecule has 1 aliphatic heterocycles. The van der Waals surface area contributed by atoms with Gasteiger partial charge in [0.05, 0.1) is 17.7 Å². The van der Waals surface area contributed by atoms with Gasteiger partial charge in [-0.1, -0.05) is 40.2 Å². The van der Waals surface area contributed by atoms with E-state index in [4.69, 9.17) is 4.74 Å². The number of halogens is 1. The lowest BCUT2D eigenvalue weighted by molar-refractivity contribution is -0.384. The fourth-order valence-electron chi connectivity index (χ4n) is 4.76. The Balaban J connectivity index is 1.53. The third-order valence-corrected chi connectivity index (χ3v) is 7.35. The topological polar surface area (TPSA) is 110 Å². The van der Waals surface area contributed by atoms with E-state index in [1.807, 2.05) is 13.0 Å². The van der Waals surface area contributed by atoms with E-state index < -0.39 is 22.6 Å². The molecule has 0 fully saturated rings. The number of carbonyl (C=O) groups excluding carboxylic acids is 3. The minimum Gasteiger partial charge on any atom is -0.495 e. The number of rotatable bonds is 7. The van der Waals surface area contributed by atoms with Crippen LogP contribution in [-0.2, 0) is 0 Å². The van der Waals surface area contributed by atoms with E-state index in [9.17, 15) is 24.5 Å². The predicted octanol–water partition coefficient (Wildman–Crippen LogP) is 5.77. The number of ether oxygens (including phenoxy) is 1. The molecule has 0 aliphatic carbocycles. The van der Waals surface area contributed by atoms with Crippen molar-refractivity contribution in [2.24, 2.45) is 0 Å². The number of amides is 3. The molecular formula is C29H22BrN3O6. The van der Waals surface area contributed by atoms with Crippen LogP contribution in [-0.4, -0.2) is 47.7 Å². The third-order valence-electron chi connectivity index (χ3n) is 6.66. The first kappa shape index (κ1) is 26.1. The lowest BCUT2D eigenvalue weighted by atomic mass is 9.94. The lowest BCUT2D eigenvalue weighted by Crippen LogP contribution is -2.46. The molecule has 4 aromatic carbocycles. The maximum atomic E-state index is 13.8. The average molecular weight is 588 g/mol. The van der Waals surface area contributed by atoms with Gasteiger partial charge in [-0.05, 0) is 54.3 Å². The Labute approximate surface area is 231 Å². The van der Waals surface area contributed by atoms with Crippen LogP contribution in [0.4, 0.5) is 11.4 Å². The van der Waals surface area contributed by atoms with E-state index in [-0.39, 0.29) is 24.3 Å². The van der Waals surface area contributed by atoms with Gasteiger partial charge in [-0.2, -0.15) is 0 Å². The van der Waals surface area contributed by atoms with Crippen molar-refractivity contribution in [1.29, 1.82) is 0 Å². The molecule has 39 heavy (non-hydrogen) atoms. The van der Waals surface area contributed by atoms with E-state index in [0.717, 1.165) is 20.3 Å². The van der Waals surface area contributed by atoms with Gasteiger partial charge >= 0.3 is 0 Å². The van der Waals surface area contributed by atoms with E-state index >= 15 is 0 Å². The van der Waals surface area contributed by atoms with Crippen molar-refractivity contribution in [3.05, 3.63) is 110 Å². The van der Waals surface area contributed by atoms with Gasteiger partial charge in [0.15, 0.2) is 0 Å². The number of hydrogen-bond donors (Lipinski definition) is 0. The largest absolute Gasteiger partial charge is 0.495 e. The normalized spacial score (nSPS) is 12.5. The Morgan fingerprint density at radius 2 is 1.72 bits per heavy atom. The second-order valence-corrected chi connectivity index (χ2v) is 9.88. The van der Waals surface area contributed by atoms with Gasteiger partial charge in [-0.15, -0.1) is 0 Å². The summed E-state index contributed by atoms with van der Waals surface area (Å²) in [5, 5.41) is 12.7. The molecule has 1 heterocycles. The number of carbonyl (C=O) groups is 3. The summed E-state index contributed by atoms with van der Waals surface area (Å²) in [4.78, 5) is 54.0.